The van der Waals surface area contributed by atoms with Gasteiger partial charge in [-0.1, -0.05) is 18.2 Å². The zero-order valence-electron chi connectivity index (χ0n) is 9.67. The minimum absolute atomic E-state index is 0.228. The number of halogens is 2. The topological polar surface area (TPSA) is 28.7 Å². The van der Waals surface area contributed by atoms with Crippen molar-refractivity contribution in [2.75, 3.05) is 0 Å². The highest BCUT2D eigenvalue weighted by atomic mass is 19.1. The third-order valence-electron chi connectivity index (χ3n) is 3.01. The second-order valence-corrected chi connectivity index (χ2v) is 4.16. The maximum absolute atomic E-state index is 14.1. The number of nitrogens with one attached hydrogen (secondary N) is 1. The lowest BCUT2D eigenvalue weighted by molar-refractivity contribution is 0.612. The zero-order valence-corrected chi connectivity index (χ0v) is 9.67. The Hall–Kier alpha value is -2.23. The zero-order chi connectivity index (χ0) is 12.7. The van der Waals surface area contributed by atoms with Crippen LogP contribution in [0.15, 0.2) is 36.7 Å². The van der Waals surface area contributed by atoms with Crippen molar-refractivity contribution in [2.45, 2.75) is 6.92 Å². The van der Waals surface area contributed by atoms with E-state index in [1.807, 2.05) is 0 Å². The molecule has 0 atom stereocenters. The lowest BCUT2D eigenvalue weighted by Gasteiger charge is -2.08. The van der Waals surface area contributed by atoms with Crippen molar-refractivity contribution in [3.8, 4) is 11.1 Å². The van der Waals surface area contributed by atoms with Gasteiger partial charge in [0.1, 0.15) is 11.6 Å². The normalized spacial score (nSPS) is 11.1. The number of aromatic amines is 1. The number of imidazole rings is 1. The number of benzene rings is 2. The van der Waals surface area contributed by atoms with Crippen LogP contribution in [0.25, 0.3) is 22.2 Å². The predicted molar refractivity (Wildman–Crippen MR) is 66.2 cm³/mol. The molecule has 1 heterocycles. The Morgan fingerprint density at radius 2 is 1.94 bits per heavy atom. The maximum Gasteiger partial charge on any atom is 0.134 e. The first kappa shape index (κ1) is 10.9. The molecule has 2 aromatic carbocycles. The van der Waals surface area contributed by atoms with E-state index in [1.54, 1.807) is 31.2 Å². The van der Waals surface area contributed by atoms with Gasteiger partial charge in [0.15, 0.2) is 0 Å². The van der Waals surface area contributed by atoms with Crippen molar-refractivity contribution < 1.29 is 8.78 Å². The Morgan fingerprint density at radius 1 is 1.11 bits per heavy atom. The van der Waals surface area contributed by atoms with Crippen molar-refractivity contribution in [2.24, 2.45) is 0 Å². The number of aryl methyl sites for hydroxylation is 1. The largest absolute Gasteiger partial charge is 0.344 e. The molecule has 0 saturated heterocycles. The molecule has 18 heavy (non-hydrogen) atoms. The Balaban J connectivity index is 2.40. The molecule has 2 nitrogen and oxygen atoms in total. The number of H-pyrrole nitrogens is 1. The fourth-order valence-corrected chi connectivity index (χ4v) is 2.09. The van der Waals surface area contributed by atoms with Crippen molar-refractivity contribution >= 4 is 11.0 Å². The van der Waals surface area contributed by atoms with Crippen LogP contribution < -0.4 is 0 Å². The number of fused-ring (bicyclic) bond motifs is 1. The van der Waals surface area contributed by atoms with Gasteiger partial charge in [0.05, 0.1) is 17.4 Å². The van der Waals surface area contributed by atoms with Gasteiger partial charge in [-0.25, -0.2) is 13.8 Å². The van der Waals surface area contributed by atoms with Gasteiger partial charge in [-0.15, -0.1) is 0 Å². The Labute approximate surface area is 102 Å². The first-order chi connectivity index (χ1) is 8.68. The van der Waals surface area contributed by atoms with E-state index in [0.29, 0.717) is 16.6 Å². The summed E-state index contributed by atoms with van der Waals surface area (Å²) in [6.07, 6.45) is 1.47. The SMILES string of the molecule is Cc1cccc(-c2c(F)ccc3nc[nH]c23)c1F. The second kappa shape index (κ2) is 3.91. The van der Waals surface area contributed by atoms with Gasteiger partial charge in [-0.3, -0.25) is 0 Å². The molecule has 1 aromatic heterocycles. The van der Waals surface area contributed by atoms with Gasteiger partial charge in [0.2, 0.25) is 0 Å². The summed E-state index contributed by atoms with van der Waals surface area (Å²) in [6, 6.07) is 7.81. The molecule has 0 bridgehead atoms. The number of hydrogen-bond acceptors (Lipinski definition) is 1. The van der Waals surface area contributed by atoms with Crippen LogP contribution in [0.4, 0.5) is 8.78 Å². The van der Waals surface area contributed by atoms with Gasteiger partial charge in [0, 0.05) is 11.1 Å². The Kier molecular flexibility index (Phi) is 2.37. The minimum Gasteiger partial charge on any atom is -0.344 e. The highest BCUT2D eigenvalue weighted by Gasteiger charge is 2.16. The van der Waals surface area contributed by atoms with Crippen LogP contribution in [0.3, 0.4) is 0 Å². The third-order valence-corrected chi connectivity index (χ3v) is 3.01. The summed E-state index contributed by atoms with van der Waals surface area (Å²) in [5.74, 6) is -0.866. The van der Waals surface area contributed by atoms with Crippen molar-refractivity contribution in [1.29, 1.82) is 0 Å². The Bertz CT molecular complexity index is 732. The monoisotopic (exact) mass is 244 g/mol. The summed E-state index contributed by atoms with van der Waals surface area (Å²) in [7, 11) is 0. The summed E-state index contributed by atoms with van der Waals surface area (Å²) in [5.41, 5.74) is 2.10. The van der Waals surface area contributed by atoms with E-state index in [0.717, 1.165) is 0 Å². The molecule has 90 valence electrons. The van der Waals surface area contributed by atoms with Crippen molar-refractivity contribution in [1.82, 2.24) is 9.97 Å². The molecule has 0 aliphatic heterocycles. The molecule has 0 aliphatic carbocycles. The molecule has 0 saturated carbocycles. The molecular weight excluding hydrogens is 234 g/mol. The summed E-state index contributed by atoms with van der Waals surface area (Å²) < 4.78 is 28.1. The Morgan fingerprint density at radius 3 is 2.78 bits per heavy atom. The molecule has 3 aromatic rings. The summed E-state index contributed by atoms with van der Waals surface area (Å²) in [5, 5.41) is 0. The van der Waals surface area contributed by atoms with E-state index in [2.05, 4.69) is 9.97 Å². The average molecular weight is 244 g/mol. The van der Waals surface area contributed by atoms with Crippen LogP contribution >= 0.6 is 0 Å². The summed E-state index contributed by atoms with van der Waals surface area (Å²) >= 11 is 0. The molecule has 0 amide bonds. The molecule has 0 spiro atoms. The van der Waals surface area contributed by atoms with E-state index < -0.39 is 11.6 Å². The van der Waals surface area contributed by atoms with E-state index in [4.69, 9.17) is 0 Å². The highest BCUT2D eigenvalue weighted by Crippen LogP contribution is 2.32. The van der Waals surface area contributed by atoms with Gasteiger partial charge in [-0.05, 0) is 24.6 Å². The maximum atomic E-state index is 14.1. The number of hydrogen-bond donors (Lipinski definition) is 1. The fourth-order valence-electron chi connectivity index (χ4n) is 2.09. The first-order valence-electron chi connectivity index (χ1n) is 5.55. The van der Waals surface area contributed by atoms with Crippen LogP contribution in [0.1, 0.15) is 5.56 Å². The van der Waals surface area contributed by atoms with E-state index in [-0.39, 0.29) is 11.1 Å². The van der Waals surface area contributed by atoms with Crippen LogP contribution in [0, 0.1) is 18.6 Å². The number of rotatable bonds is 1. The summed E-state index contributed by atoms with van der Waals surface area (Å²) in [4.78, 5) is 6.91. The molecule has 0 radical (unpaired) electrons. The lowest BCUT2D eigenvalue weighted by Crippen LogP contribution is -1.92. The van der Waals surface area contributed by atoms with E-state index >= 15 is 0 Å². The summed E-state index contributed by atoms with van der Waals surface area (Å²) in [6.45, 7) is 1.66. The lowest BCUT2D eigenvalue weighted by atomic mass is 10.0. The molecular formula is C14H10F2N2. The van der Waals surface area contributed by atoms with Gasteiger partial charge in [0.25, 0.3) is 0 Å². The predicted octanol–water partition coefficient (Wildman–Crippen LogP) is 3.82. The van der Waals surface area contributed by atoms with E-state index in [1.165, 1.54) is 12.4 Å². The van der Waals surface area contributed by atoms with Gasteiger partial charge >= 0.3 is 0 Å². The molecule has 0 fully saturated rings. The van der Waals surface area contributed by atoms with E-state index in [9.17, 15) is 8.78 Å². The van der Waals surface area contributed by atoms with Gasteiger partial charge in [-0.2, -0.15) is 0 Å². The van der Waals surface area contributed by atoms with Crippen molar-refractivity contribution in [3.63, 3.8) is 0 Å². The van der Waals surface area contributed by atoms with Crippen molar-refractivity contribution in [3.05, 3.63) is 53.9 Å². The quantitative estimate of drug-likeness (QED) is 0.692. The smallest absolute Gasteiger partial charge is 0.134 e. The fraction of sp³-hybridized carbons (Fsp3) is 0.0714. The molecule has 3 rings (SSSR count). The molecule has 4 heteroatoms. The van der Waals surface area contributed by atoms with Crippen LogP contribution in [0.2, 0.25) is 0 Å². The van der Waals surface area contributed by atoms with Gasteiger partial charge < -0.3 is 4.98 Å². The standard InChI is InChI=1S/C14H10F2N2/c1-8-3-2-4-9(13(8)16)12-10(15)5-6-11-14(12)18-7-17-11/h2-7H,1H3,(H,17,18). The molecule has 1 N–H and O–H groups in total. The number of aromatic nitrogens is 2. The first-order valence-corrected chi connectivity index (χ1v) is 5.55. The highest BCUT2D eigenvalue weighted by molar-refractivity contribution is 5.92. The van der Waals surface area contributed by atoms with Crippen LogP contribution in [0.5, 0.6) is 0 Å². The molecule has 0 aliphatic rings. The number of nitrogens with zero attached hydrogens (tertiary/aromatic N) is 1. The average Bonchev–Trinajstić information content (AvgIpc) is 2.82. The molecule has 0 unspecified atom stereocenters. The second-order valence-electron chi connectivity index (χ2n) is 4.16. The van der Waals surface area contributed by atoms with Crippen LogP contribution in [-0.2, 0) is 0 Å². The van der Waals surface area contributed by atoms with Crippen LogP contribution in [-0.4, -0.2) is 9.97 Å². The third kappa shape index (κ3) is 1.49. The minimum atomic E-state index is -0.462.